The summed E-state index contributed by atoms with van der Waals surface area (Å²) in [5, 5.41) is 4.98. The zero-order valence-corrected chi connectivity index (χ0v) is 20.0. The lowest BCUT2D eigenvalue weighted by atomic mass is 10.2. The molecule has 35 heavy (non-hydrogen) atoms. The van der Waals surface area contributed by atoms with E-state index in [9.17, 15) is 26.4 Å². The first-order valence-corrected chi connectivity index (χ1v) is 12.8. The predicted molar refractivity (Wildman–Crippen MR) is 125 cm³/mol. The second kappa shape index (κ2) is 9.74. The molecule has 2 heterocycles. The summed E-state index contributed by atoms with van der Waals surface area (Å²) < 4.78 is 74.9. The number of ether oxygens (including phenoxy) is 1. The van der Waals surface area contributed by atoms with Crippen LogP contribution in [0.5, 0.6) is 5.75 Å². The molecule has 0 saturated carbocycles. The zero-order valence-electron chi connectivity index (χ0n) is 18.3. The van der Waals surface area contributed by atoms with E-state index in [2.05, 4.69) is 19.4 Å². The summed E-state index contributed by atoms with van der Waals surface area (Å²) in [5.74, 6) is -1.11. The molecular weight excluding hydrogens is 507 g/mol. The van der Waals surface area contributed by atoms with Crippen molar-refractivity contribution in [2.24, 2.45) is 0 Å². The lowest BCUT2D eigenvalue weighted by molar-refractivity contribution is -0.274. The molecule has 0 saturated heterocycles. The van der Waals surface area contributed by atoms with Crippen molar-refractivity contribution >= 4 is 36.4 Å². The lowest BCUT2D eigenvalue weighted by Crippen LogP contribution is -2.32. The van der Waals surface area contributed by atoms with Crippen LogP contribution in [0, 0.1) is 6.92 Å². The number of fused-ring (bicyclic) bond motifs is 1. The van der Waals surface area contributed by atoms with Crippen LogP contribution in [0.4, 0.5) is 18.2 Å². The normalized spacial score (nSPS) is 12.2. The minimum atomic E-state index is -4.82. The Balaban J connectivity index is 1.62. The van der Waals surface area contributed by atoms with Crippen LogP contribution in [0.1, 0.15) is 23.4 Å². The van der Waals surface area contributed by atoms with Crippen LogP contribution in [0.15, 0.2) is 57.8 Å². The number of alkyl halides is 3. The first-order chi connectivity index (χ1) is 16.5. The molecule has 0 unspecified atom stereocenters. The van der Waals surface area contributed by atoms with Crippen molar-refractivity contribution in [3.63, 3.8) is 0 Å². The summed E-state index contributed by atoms with van der Waals surface area (Å²) in [4.78, 5) is 13.5. The number of nitrogens with one attached hydrogen (secondary N) is 1. The van der Waals surface area contributed by atoms with E-state index in [0.29, 0.717) is 10.6 Å². The number of nitrogens with zero attached hydrogens (tertiary/aromatic N) is 2. The summed E-state index contributed by atoms with van der Waals surface area (Å²) in [5.41, 5.74) is 1.27. The van der Waals surface area contributed by atoms with Crippen LogP contribution in [0.2, 0.25) is 0 Å². The van der Waals surface area contributed by atoms with Crippen LogP contribution < -0.4 is 14.8 Å². The third kappa shape index (κ3) is 6.03. The number of aromatic amines is 1. The maximum atomic E-state index is 13.5. The van der Waals surface area contributed by atoms with Gasteiger partial charge in [-0.25, -0.2) is 13.2 Å². The Morgan fingerprint density at radius 3 is 2.49 bits per heavy atom. The van der Waals surface area contributed by atoms with E-state index in [4.69, 9.17) is 0 Å². The van der Waals surface area contributed by atoms with Gasteiger partial charge in [0.05, 0.1) is 12.3 Å². The number of anilines is 1. The molecule has 4 rings (SSSR count). The number of rotatable bonds is 9. The molecule has 186 valence electrons. The number of benzene rings is 2. The summed E-state index contributed by atoms with van der Waals surface area (Å²) in [6.45, 7) is 1.75. The van der Waals surface area contributed by atoms with E-state index in [-0.39, 0.29) is 31.0 Å². The quantitative estimate of drug-likeness (QED) is 0.337. The second-order valence-electron chi connectivity index (χ2n) is 7.69. The van der Waals surface area contributed by atoms with Crippen molar-refractivity contribution in [1.29, 1.82) is 0 Å². The average molecular weight is 528 g/mol. The van der Waals surface area contributed by atoms with Crippen molar-refractivity contribution in [2.45, 2.75) is 32.7 Å². The Bertz CT molecular complexity index is 1470. The number of hydrogen-bond donors (Lipinski definition) is 1. The molecule has 8 nitrogen and oxygen atoms in total. The maximum Gasteiger partial charge on any atom is 0.573 e. The molecule has 2 aromatic carbocycles. The number of halogens is 3. The SMILES string of the molecule is Cc1c(N(Cc2ccc(OC(F)(F)F)cc2)S(=O)(=O)CCCc2noc(=O)[nH]2)sc2ccccc12. The van der Waals surface area contributed by atoms with Crippen molar-refractivity contribution in [3.8, 4) is 5.75 Å². The molecule has 0 aliphatic carbocycles. The Kier molecular flexibility index (Phi) is 6.90. The van der Waals surface area contributed by atoms with Gasteiger partial charge in [0.25, 0.3) is 0 Å². The summed E-state index contributed by atoms with van der Waals surface area (Å²) in [6, 6.07) is 12.6. The first-order valence-electron chi connectivity index (χ1n) is 10.4. The molecule has 0 radical (unpaired) electrons. The molecule has 0 amide bonds. The fraction of sp³-hybridized carbons (Fsp3) is 0.273. The van der Waals surface area contributed by atoms with E-state index >= 15 is 0 Å². The number of hydrogen-bond acceptors (Lipinski definition) is 7. The molecule has 0 spiro atoms. The van der Waals surface area contributed by atoms with Crippen molar-refractivity contribution in [3.05, 3.63) is 76.0 Å². The highest BCUT2D eigenvalue weighted by Gasteiger charge is 2.31. The highest BCUT2D eigenvalue weighted by molar-refractivity contribution is 7.93. The lowest BCUT2D eigenvalue weighted by Gasteiger charge is -2.24. The van der Waals surface area contributed by atoms with Crippen LogP contribution >= 0.6 is 11.3 Å². The molecule has 4 aromatic rings. The second-order valence-corrected chi connectivity index (χ2v) is 10.7. The third-order valence-corrected chi connectivity index (χ3v) is 8.36. The van der Waals surface area contributed by atoms with Gasteiger partial charge in [-0.3, -0.25) is 13.8 Å². The van der Waals surface area contributed by atoms with Gasteiger partial charge in [-0.2, -0.15) is 0 Å². The molecule has 13 heteroatoms. The first kappa shape index (κ1) is 24.8. The number of H-pyrrole nitrogens is 1. The molecule has 1 N–H and O–H groups in total. The van der Waals surface area contributed by atoms with Crippen molar-refractivity contribution in [1.82, 2.24) is 10.1 Å². The standard InChI is InChI=1S/C22H20F3N3O5S2/c1-14-17-5-2-3-6-18(17)34-20(14)28(13-15-8-10-16(11-9-15)32-22(23,24)25)35(30,31)12-4-7-19-26-21(29)33-27-19/h2-3,5-6,8-11H,4,7,12-13H2,1H3,(H,26,27,29). The van der Waals surface area contributed by atoms with Crippen LogP contribution in [0.3, 0.4) is 0 Å². The Hall–Kier alpha value is -3.32. The van der Waals surface area contributed by atoms with Gasteiger partial charge in [0.15, 0.2) is 5.82 Å². The van der Waals surface area contributed by atoms with E-state index < -0.39 is 27.9 Å². The van der Waals surface area contributed by atoms with Gasteiger partial charge in [0, 0.05) is 11.1 Å². The van der Waals surface area contributed by atoms with Gasteiger partial charge in [0.2, 0.25) is 10.0 Å². The Labute approximate surface area is 202 Å². The monoisotopic (exact) mass is 527 g/mol. The summed E-state index contributed by atoms with van der Waals surface area (Å²) in [7, 11) is -3.86. The topological polar surface area (TPSA) is 106 Å². The van der Waals surface area contributed by atoms with Crippen molar-refractivity contribution < 1.29 is 30.8 Å². The van der Waals surface area contributed by atoms with Gasteiger partial charge in [-0.15, -0.1) is 24.5 Å². The molecular formula is C22H20F3N3O5S2. The average Bonchev–Trinajstić information content (AvgIpc) is 3.35. The van der Waals surface area contributed by atoms with Gasteiger partial charge < -0.3 is 4.74 Å². The highest BCUT2D eigenvalue weighted by atomic mass is 32.2. The van der Waals surface area contributed by atoms with Crippen molar-refractivity contribution in [2.75, 3.05) is 10.1 Å². The Morgan fingerprint density at radius 1 is 1.14 bits per heavy atom. The highest BCUT2D eigenvalue weighted by Crippen LogP contribution is 2.39. The zero-order chi connectivity index (χ0) is 25.2. The van der Waals surface area contributed by atoms with E-state index in [1.165, 1.54) is 27.8 Å². The minimum Gasteiger partial charge on any atom is -0.406 e. The van der Waals surface area contributed by atoms with Crippen LogP contribution in [-0.4, -0.2) is 30.7 Å². The molecule has 0 bridgehead atoms. The minimum absolute atomic E-state index is 0.0803. The molecule has 0 atom stereocenters. The number of aryl methyl sites for hydroxylation is 2. The Morgan fingerprint density at radius 2 is 1.86 bits per heavy atom. The number of sulfonamides is 1. The predicted octanol–water partition coefficient (Wildman–Crippen LogP) is 4.75. The molecule has 2 aromatic heterocycles. The van der Waals surface area contributed by atoms with Gasteiger partial charge >= 0.3 is 12.1 Å². The van der Waals surface area contributed by atoms with E-state index in [1.807, 2.05) is 31.2 Å². The van der Waals surface area contributed by atoms with Crippen LogP contribution in [-0.2, 0) is 23.0 Å². The smallest absolute Gasteiger partial charge is 0.406 e. The van der Waals surface area contributed by atoms with E-state index in [0.717, 1.165) is 27.8 Å². The van der Waals surface area contributed by atoms with Gasteiger partial charge in [0.1, 0.15) is 10.8 Å². The number of thiophene rings is 1. The van der Waals surface area contributed by atoms with Gasteiger partial charge in [-0.1, -0.05) is 35.5 Å². The fourth-order valence-electron chi connectivity index (χ4n) is 3.56. The van der Waals surface area contributed by atoms with Gasteiger partial charge in [-0.05, 0) is 48.1 Å². The fourth-order valence-corrected chi connectivity index (χ4v) is 6.59. The number of aromatic nitrogens is 2. The molecule has 0 aliphatic heterocycles. The maximum absolute atomic E-state index is 13.5. The third-order valence-electron chi connectivity index (χ3n) is 5.16. The summed E-state index contributed by atoms with van der Waals surface area (Å²) in [6.07, 6.45) is -4.46. The largest absolute Gasteiger partial charge is 0.573 e. The summed E-state index contributed by atoms with van der Waals surface area (Å²) >= 11 is 1.32. The van der Waals surface area contributed by atoms with E-state index in [1.54, 1.807) is 0 Å². The van der Waals surface area contributed by atoms with Crippen LogP contribution in [0.25, 0.3) is 10.1 Å². The molecule has 0 fully saturated rings. The molecule has 0 aliphatic rings.